The maximum absolute atomic E-state index is 11.4. The molecule has 0 aliphatic heterocycles. The molecule has 1 aromatic heterocycles. The number of nitrogens with zero attached hydrogens (tertiary/aromatic N) is 1. The molecule has 4 heteroatoms. The number of pyridine rings is 1. The van der Waals surface area contributed by atoms with Crippen molar-refractivity contribution < 1.29 is 4.79 Å². The van der Waals surface area contributed by atoms with E-state index in [9.17, 15) is 4.79 Å². The van der Waals surface area contributed by atoms with Gasteiger partial charge in [0.25, 0.3) is 0 Å². The van der Waals surface area contributed by atoms with Gasteiger partial charge in [-0.15, -0.1) is 0 Å². The second-order valence-corrected chi connectivity index (χ2v) is 4.80. The Kier molecular flexibility index (Phi) is 3.00. The molecule has 1 aromatic rings. The highest BCUT2D eigenvalue weighted by Crippen LogP contribution is 2.32. The van der Waals surface area contributed by atoms with Crippen molar-refractivity contribution in [3.05, 3.63) is 21.9 Å². The summed E-state index contributed by atoms with van der Waals surface area (Å²) < 4.78 is 1.07. The van der Waals surface area contributed by atoms with Crippen LogP contribution in [-0.4, -0.2) is 10.9 Å². The number of rotatable bonds is 3. The van der Waals surface area contributed by atoms with Crippen molar-refractivity contribution in [2.75, 3.05) is 5.32 Å². The van der Waals surface area contributed by atoms with Crippen LogP contribution in [0.3, 0.4) is 0 Å². The monoisotopic (exact) mass is 302 g/mol. The number of hydrogen-bond donors (Lipinski definition) is 1. The lowest BCUT2D eigenvalue weighted by atomic mass is 10.3. The second-order valence-electron chi connectivity index (χ2n) is 3.56. The lowest BCUT2D eigenvalue weighted by molar-refractivity contribution is -0.116. The summed E-state index contributed by atoms with van der Waals surface area (Å²) in [5.41, 5.74) is 0. The first-order valence-corrected chi connectivity index (χ1v) is 5.73. The number of nitrogens with one attached hydrogen (secondary N) is 1. The standard InChI is InChI=1S/C10H11IN2O/c11-8-3-4-9(12-6-8)13-10(14)5-7-1-2-7/h3-4,6-7H,1-2,5H2,(H,12,13,14). The molecular formula is C10H11IN2O. The molecule has 0 saturated heterocycles. The van der Waals surface area contributed by atoms with E-state index < -0.39 is 0 Å². The van der Waals surface area contributed by atoms with Gasteiger partial charge in [-0.1, -0.05) is 0 Å². The van der Waals surface area contributed by atoms with E-state index >= 15 is 0 Å². The molecule has 74 valence electrons. The van der Waals surface area contributed by atoms with Crippen molar-refractivity contribution in [3.8, 4) is 0 Å². The van der Waals surface area contributed by atoms with Gasteiger partial charge >= 0.3 is 0 Å². The van der Waals surface area contributed by atoms with Gasteiger partial charge in [-0.05, 0) is 53.5 Å². The Morgan fingerprint density at radius 1 is 1.57 bits per heavy atom. The number of amides is 1. The van der Waals surface area contributed by atoms with Crippen LogP contribution in [0.1, 0.15) is 19.3 Å². The van der Waals surface area contributed by atoms with Crippen LogP contribution in [0.15, 0.2) is 18.3 Å². The van der Waals surface area contributed by atoms with E-state index in [1.165, 1.54) is 12.8 Å². The van der Waals surface area contributed by atoms with Crippen LogP contribution in [0.25, 0.3) is 0 Å². The van der Waals surface area contributed by atoms with Crippen LogP contribution in [-0.2, 0) is 4.79 Å². The lowest BCUT2D eigenvalue weighted by Gasteiger charge is -2.02. The maximum Gasteiger partial charge on any atom is 0.225 e. The molecule has 3 nitrogen and oxygen atoms in total. The molecule has 0 bridgehead atoms. The van der Waals surface area contributed by atoms with Gasteiger partial charge in [0.2, 0.25) is 5.91 Å². The Bertz CT molecular complexity index is 332. The number of anilines is 1. The molecule has 1 amide bonds. The molecular weight excluding hydrogens is 291 g/mol. The fraction of sp³-hybridized carbons (Fsp3) is 0.400. The number of carbonyl (C=O) groups excluding carboxylic acids is 1. The highest BCUT2D eigenvalue weighted by molar-refractivity contribution is 14.1. The quantitative estimate of drug-likeness (QED) is 0.871. The van der Waals surface area contributed by atoms with Gasteiger partial charge in [0, 0.05) is 16.2 Å². The normalized spacial score (nSPS) is 15.2. The van der Waals surface area contributed by atoms with Crippen molar-refractivity contribution >= 4 is 34.3 Å². The van der Waals surface area contributed by atoms with Gasteiger partial charge in [0.15, 0.2) is 0 Å². The zero-order valence-corrected chi connectivity index (χ0v) is 9.82. The average molecular weight is 302 g/mol. The number of aromatic nitrogens is 1. The van der Waals surface area contributed by atoms with Crippen LogP contribution >= 0.6 is 22.6 Å². The van der Waals surface area contributed by atoms with Crippen molar-refractivity contribution in [3.63, 3.8) is 0 Å². The third-order valence-corrected chi connectivity index (χ3v) is 2.80. The molecule has 1 N–H and O–H groups in total. The molecule has 2 rings (SSSR count). The Labute approximate surface area is 96.4 Å². The lowest BCUT2D eigenvalue weighted by Crippen LogP contribution is -2.12. The summed E-state index contributed by atoms with van der Waals surface area (Å²) in [7, 11) is 0. The Morgan fingerprint density at radius 3 is 2.93 bits per heavy atom. The molecule has 1 fully saturated rings. The minimum absolute atomic E-state index is 0.0845. The molecule has 1 saturated carbocycles. The Balaban J connectivity index is 1.89. The van der Waals surface area contributed by atoms with Gasteiger partial charge in [0.05, 0.1) is 0 Å². The predicted octanol–water partition coefficient (Wildman–Crippen LogP) is 2.42. The van der Waals surface area contributed by atoms with E-state index in [0.29, 0.717) is 18.2 Å². The van der Waals surface area contributed by atoms with E-state index in [0.717, 1.165) is 3.57 Å². The topological polar surface area (TPSA) is 42.0 Å². The summed E-state index contributed by atoms with van der Waals surface area (Å²) >= 11 is 2.18. The predicted molar refractivity (Wildman–Crippen MR) is 62.9 cm³/mol. The zero-order chi connectivity index (χ0) is 9.97. The summed E-state index contributed by atoms with van der Waals surface area (Å²) in [5, 5.41) is 2.79. The van der Waals surface area contributed by atoms with Gasteiger partial charge in [0.1, 0.15) is 5.82 Å². The van der Waals surface area contributed by atoms with E-state index in [-0.39, 0.29) is 5.91 Å². The van der Waals surface area contributed by atoms with Crippen LogP contribution < -0.4 is 5.32 Å². The molecule has 0 atom stereocenters. The minimum atomic E-state index is 0.0845. The minimum Gasteiger partial charge on any atom is -0.311 e. The molecule has 1 heterocycles. The fourth-order valence-electron chi connectivity index (χ4n) is 1.23. The van der Waals surface area contributed by atoms with Crippen molar-refractivity contribution in [2.45, 2.75) is 19.3 Å². The van der Waals surface area contributed by atoms with Gasteiger partial charge in [-0.3, -0.25) is 4.79 Å². The third kappa shape index (κ3) is 2.94. The van der Waals surface area contributed by atoms with E-state index in [4.69, 9.17) is 0 Å². The number of halogens is 1. The molecule has 0 aromatic carbocycles. The van der Waals surface area contributed by atoms with Crippen LogP contribution in [0, 0.1) is 9.49 Å². The summed E-state index contributed by atoms with van der Waals surface area (Å²) in [6.45, 7) is 0. The largest absolute Gasteiger partial charge is 0.311 e. The van der Waals surface area contributed by atoms with Gasteiger partial charge in [-0.25, -0.2) is 4.98 Å². The second kappa shape index (κ2) is 4.25. The van der Waals surface area contributed by atoms with Gasteiger partial charge < -0.3 is 5.32 Å². The molecule has 1 aliphatic rings. The van der Waals surface area contributed by atoms with E-state index in [2.05, 4.69) is 32.9 Å². The number of carbonyl (C=O) groups is 1. The molecule has 0 unspecified atom stereocenters. The van der Waals surface area contributed by atoms with Crippen LogP contribution in [0.5, 0.6) is 0 Å². The maximum atomic E-state index is 11.4. The SMILES string of the molecule is O=C(CC1CC1)Nc1ccc(I)cn1. The van der Waals surface area contributed by atoms with E-state index in [1.807, 2.05) is 12.1 Å². The Hall–Kier alpha value is -0.650. The summed E-state index contributed by atoms with van der Waals surface area (Å²) in [6, 6.07) is 3.76. The molecule has 1 aliphatic carbocycles. The highest BCUT2D eigenvalue weighted by atomic mass is 127. The van der Waals surface area contributed by atoms with Crippen LogP contribution in [0.4, 0.5) is 5.82 Å². The first kappa shape index (κ1) is 9.89. The van der Waals surface area contributed by atoms with Crippen molar-refractivity contribution in [1.29, 1.82) is 0 Å². The van der Waals surface area contributed by atoms with Crippen molar-refractivity contribution in [2.24, 2.45) is 5.92 Å². The van der Waals surface area contributed by atoms with Crippen molar-refractivity contribution in [1.82, 2.24) is 4.98 Å². The zero-order valence-electron chi connectivity index (χ0n) is 7.66. The average Bonchev–Trinajstić information content (AvgIpc) is 2.93. The fourth-order valence-corrected chi connectivity index (χ4v) is 1.55. The molecule has 0 spiro atoms. The molecule has 0 radical (unpaired) electrons. The first-order valence-electron chi connectivity index (χ1n) is 4.65. The van der Waals surface area contributed by atoms with Gasteiger partial charge in [-0.2, -0.15) is 0 Å². The smallest absolute Gasteiger partial charge is 0.225 e. The first-order chi connectivity index (χ1) is 6.74. The Morgan fingerprint density at radius 2 is 2.36 bits per heavy atom. The highest BCUT2D eigenvalue weighted by Gasteiger charge is 2.24. The van der Waals surface area contributed by atoms with E-state index in [1.54, 1.807) is 6.20 Å². The number of hydrogen-bond acceptors (Lipinski definition) is 2. The summed E-state index contributed by atoms with van der Waals surface area (Å²) in [4.78, 5) is 15.5. The van der Waals surface area contributed by atoms with Crippen LogP contribution in [0.2, 0.25) is 0 Å². The third-order valence-electron chi connectivity index (χ3n) is 2.17. The molecule has 14 heavy (non-hydrogen) atoms. The summed E-state index contributed by atoms with van der Waals surface area (Å²) in [5.74, 6) is 1.36. The summed E-state index contributed by atoms with van der Waals surface area (Å²) in [6.07, 6.45) is 4.79.